The summed E-state index contributed by atoms with van der Waals surface area (Å²) in [6, 6.07) is -1.07. The lowest BCUT2D eigenvalue weighted by atomic mass is 9.95. The molecule has 166 valence electrons. The summed E-state index contributed by atoms with van der Waals surface area (Å²) >= 11 is 0. The number of rotatable bonds is 8. The SMILES string of the molecule is CC(=O)N[C@@H]1[C@H](OC(C)(C)CO)O[C@@H](COC(C)=O)[C@@H](OC(C)=O)[C@H]1OC(C)=O. The predicted molar refractivity (Wildman–Crippen MR) is 96.3 cm³/mol. The molecule has 11 nitrogen and oxygen atoms in total. The first-order valence-electron chi connectivity index (χ1n) is 9.05. The van der Waals surface area contributed by atoms with Crippen molar-refractivity contribution in [3.05, 3.63) is 0 Å². The molecular formula is C18H29NO10. The zero-order chi connectivity index (χ0) is 22.4. The maximum Gasteiger partial charge on any atom is 0.303 e. The number of aliphatic hydroxyl groups is 1. The van der Waals surface area contributed by atoms with Gasteiger partial charge in [0.15, 0.2) is 18.5 Å². The van der Waals surface area contributed by atoms with E-state index in [1.165, 1.54) is 13.8 Å². The average molecular weight is 419 g/mol. The van der Waals surface area contributed by atoms with Crippen LogP contribution < -0.4 is 5.32 Å². The van der Waals surface area contributed by atoms with E-state index in [9.17, 15) is 24.3 Å². The monoisotopic (exact) mass is 419 g/mol. The fourth-order valence-corrected chi connectivity index (χ4v) is 2.74. The molecular weight excluding hydrogens is 390 g/mol. The van der Waals surface area contributed by atoms with Crippen molar-refractivity contribution in [2.45, 2.75) is 77.8 Å². The van der Waals surface area contributed by atoms with E-state index >= 15 is 0 Å². The van der Waals surface area contributed by atoms with Gasteiger partial charge in [0.2, 0.25) is 5.91 Å². The van der Waals surface area contributed by atoms with E-state index in [1.807, 2.05) is 0 Å². The van der Waals surface area contributed by atoms with Crippen LogP contribution in [0.15, 0.2) is 0 Å². The number of carbonyl (C=O) groups excluding carboxylic acids is 4. The van der Waals surface area contributed by atoms with Gasteiger partial charge in [0.25, 0.3) is 0 Å². The molecule has 0 unspecified atom stereocenters. The van der Waals surface area contributed by atoms with Gasteiger partial charge >= 0.3 is 17.9 Å². The summed E-state index contributed by atoms with van der Waals surface area (Å²) in [4.78, 5) is 46.4. The second-order valence-corrected chi connectivity index (χ2v) is 7.26. The molecule has 0 bridgehead atoms. The van der Waals surface area contributed by atoms with Gasteiger partial charge < -0.3 is 34.1 Å². The molecule has 0 aromatic rings. The summed E-state index contributed by atoms with van der Waals surface area (Å²) < 4.78 is 27.2. The van der Waals surface area contributed by atoms with Crippen molar-refractivity contribution in [2.75, 3.05) is 13.2 Å². The van der Waals surface area contributed by atoms with E-state index in [-0.39, 0.29) is 13.2 Å². The lowest BCUT2D eigenvalue weighted by Crippen LogP contribution is -2.67. The van der Waals surface area contributed by atoms with E-state index in [4.69, 9.17) is 23.7 Å². The highest BCUT2D eigenvalue weighted by Gasteiger charge is 2.52. The highest BCUT2D eigenvalue weighted by molar-refractivity contribution is 5.73. The molecule has 0 aromatic heterocycles. The van der Waals surface area contributed by atoms with Crippen molar-refractivity contribution in [3.8, 4) is 0 Å². The van der Waals surface area contributed by atoms with Crippen molar-refractivity contribution >= 4 is 23.8 Å². The number of carbonyl (C=O) groups is 4. The Morgan fingerprint density at radius 3 is 1.97 bits per heavy atom. The summed E-state index contributed by atoms with van der Waals surface area (Å²) in [6.07, 6.45) is -4.66. The van der Waals surface area contributed by atoms with Crippen molar-refractivity contribution in [2.24, 2.45) is 0 Å². The van der Waals surface area contributed by atoms with Gasteiger partial charge in [-0.25, -0.2) is 0 Å². The molecule has 0 spiro atoms. The van der Waals surface area contributed by atoms with E-state index in [2.05, 4.69) is 5.32 Å². The summed E-state index contributed by atoms with van der Waals surface area (Å²) in [5.41, 5.74) is -1.08. The average Bonchev–Trinajstić information content (AvgIpc) is 2.57. The first kappa shape index (κ1) is 24.8. The summed E-state index contributed by atoms with van der Waals surface area (Å²) in [6.45, 7) is 7.21. The van der Waals surface area contributed by atoms with Crippen LogP contribution in [0.1, 0.15) is 41.5 Å². The Labute approximate surface area is 168 Å². The second-order valence-electron chi connectivity index (χ2n) is 7.26. The van der Waals surface area contributed by atoms with E-state index < -0.39 is 60.1 Å². The Hall–Kier alpha value is -2.24. The molecule has 1 saturated heterocycles. The standard InChI is InChI=1S/C18H29NO10/c1-9(21)19-14-16(27-12(4)24)15(26-11(3)23)13(7-25-10(2)22)28-17(14)29-18(5,6)8-20/h13-17,20H,7-8H2,1-6H3,(H,19,21)/t13-,14-,15+,16-,17-/m0/s1. The number of ether oxygens (including phenoxy) is 5. The molecule has 11 heteroatoms. The van der Waals surface area contributed by atoms with Crippen LogP contribution in [0.3, 0.4) is 0 Å². The highest BCUT2D eigenvalue weighted by Crippen LogP contribution is 2.30. The molecule has 0 radical (unpaired) electrons. The van der Waals surface area contributed by atoms with Crippen LogP contribution in [0.5, 0.6) is 0 Å². The van der Waals surface area contributed by atoms with Gasteiger partial charge in [-0.05, 0) is 13.8 Å². The first-order valence-corrected chi connectivity index (χ1v) is 9.05. The minimum absolute atomic E-state index is 0.322. The van der Waals surface area contributed by atoms with E-state index in [1.54, 1.807) is 13.8 Å². The second kappa shape index (κ2) is 10.5. The number of amides is 1. The van der Waals surface area contributed by atoms with E-state index in [0.29, 0.717) is 0 Å². The fourth-order valence-electron chi connectivity index (χ4n) is 2.74. The summed E-state index contributed by atoms with van der Waals surface area (Å²) in [7, 11) is 0. The number of nitrogens with one attached hydrogen (secondary N) is 1. The largest absolute Gasteiger partial charge is 0.463 e. The predicted octanol–water partition coefficient (Wildman–Crippen LogP) is -0.570. The van der Waals surface area contributed by atoms with Gasteiger partial charge in [-0.3, -0.25) is 19.2 Å². The van der Waals surface area contributed by atoms with Gasteiger partial charge in [0, 0.05) is 27.7 Å². The molecule has 29 heavy (non-hydrogen) atoms. The topological polar surface area (TPSA) is 147 Å². The Kier molecular flexibility index (Phi) is 8.99. The zero-order valence-electron chi connectivity index (χ0n) is 17.4. The van der Waals surface area contributed by atoms with Gasteiger partial charge in [-0.1, -0.05) is 0 Å². The van der Waals surface area contributed by atoms with Crippen LogP contribution in [0.2, 0.25) is 0 Å². The molecule has 1 amide bonds. The third-order valence-electron chi connectivity index (χ3n) is 3.89. The maximum absolute atomic E-state index is 11.8. The lowest BCUT2D eigenvalue weighted by molar-refractivity contribution is -0.302. The van der Waals surface area contributed by atoms with Crippen molar-refractivity contribution < 1.29 is 48.0 Å². The van der Waals surface area contributed by atoms with Gasteiger partial charge in [-0.2, -0.15) is 0 Å². The third-order valence-corrected chi connectivity index (χ3v) is 3.89. The summed E-state index contributed by atoms with van der Waals surface area (Å²) in [5, 5.41) is 12.1. The Morgan fingerprint density at radius 2 is 1.52 bits per heavy atom. The molecule has 1 aliphatic heterocycles. The quantitative estimate of drug-likeness (QED) is 0.387. The van der Waals surface area contributed by atoms with Crippen molar-refractivity contribution in [1.29, 1.82) is 0 Å². The number of hydrogen-bond donors (Lipinski definition) is 2. The van der Waals surface area contributed by atoms with Gasteiger partial charge in [0.1, 0.15) is 18.8 Å². The van der Waals surface area contributed by atoms with Crippen molar-refractivity contribution in [1.82, 2.24) is 5.32 Å². The van der Waals surface area contributed by atoms with Crippen molar-refractivity contribution in [3.63, 3.8) is 0 Å². The van der Waals surface area contributed by atoms with Crippen LogP contribution in [0.4, 0.5) is 0 Å². The van der Waals surface area contributed by atoms with Gasteiger partial charge in [0.05, 0.1) is 12.2 Å². The Balaban J connectivity index is 3.35. The van der Waals surface area contributed by atoms with Gasteiger partial charge in [-0.15, -0.1) is 0 Å². The number of hydrogen-bond acceptors (Lipinski definition) is 10. The molecule has 1 fully saturated rings. The molecule has 0 aromatic carbocycles. The number of aliphatic hydroxyl groups excluding tert-OH is 1. The molecule has 2 N–H and O–H groups in total. The zero-order valence-corrected chi connectivity index (χ0v) is 17.4. The molecule has 0 saturated carbocycles. The Bertz CT molecular complexity index is 620. The van der Waals surface area contributed by atoms with Crippen LogP contribution >= 0.6 is 0 Å². The third kappa shape index (κ3) is 7.95. The molecule has 5 atom stereocenters. The lowest BCUT2D eigenvalue weighted by Gasteiger charge is -2.46. The van der Waals surface area contributed by atoms with Crippen LogP contribution in [0.25, 0.3) is 0 Å². The normalized spacial score (nSPS) is 26.9. The molecule has 1 heterocycles. The minimum Gasteiger partial charge on any atom is -0.463 e. The highest BCUT2D eigenvalue weighted by atomic mass is 16.7. The van der Waals surface area contributed by atoms with E-state index in [0.717, 1.165) is 13.8 Å². The Morgan fingerprint density at radius 1 is 0.966 bits per heavy atom. The molecule has 0 aliphatic carbocycles. The fraction of sp³-hybridized carbons (Fsp3) is 0.778. The minimum atomic E-state index is -1.21. The van der Waals surface area contributed by atoms with Crippen LogP contribution in [-0.2, 0) is 42.9 Å². The molecule has 1 aliphatic rings. The number of esters is 3. The maximum atomic E-state index is 11.8. The van der Waals surface area contributed by atoms with Crippen LogP contribution in [0, 0.1) is 0 Å². The molecule has 1 rings (SSSR count). The first-order chi connectivity index (χ1) is 13.4. The smallest absolute Gasteiger partial charge is 0.303 e. The summed E-state index contributed by atoms with van der Waals surface area (Å²) in [5.74, 6) is -2.47. The van der Waals surface area contributed by atoms with Crippen LogP contribution in [-0.4, -0.2) is 78.4 Å².